The Hall–Kier alpha value is -6.13. The maximum absolute atomic E-state index is 13.9. The van der Waals surface area contributed by atoms with Gasteiger partial charge in [0.1, 0.15) is 12.4 Å². The molecule has 3 aromatic rings. The zero-order chi connectivity index (χ0) is 43.8. The van der Waals surface area contributed by atoms with Gasteiger partial charge in [-0.05, 0) is 67.9 Å². The highest BCUT2D eigenvalue weighted by atomic mass is 19.1. The summed E-state index contributed by atoms with van der Waals surface area (Å²) in [5.74, 6) is -2.61. The highest BCUT2D eigenvalue weighted by Crippen LogP contribution is 2.46. The number of amides is 3. The molecule has 3 atom stereocenters. The molecule has 16 heteroatoms. The highest BCUT2D eigenvalue weighted by molar-refractivity contribution is 5.93. The number of ketones is 2. The molecular formula is C45H51FN6O9. The third-order valence-corrected chi connectivity index (χ3v) is 11.6. The van der Waals surface area contributed by atoms with Crippen molar-refractivity contribution in [1.29, 1.82) is 0 Å². The van der Waals surface area contributed by atoms with Crippen LogP contribution in [0.2, 0.25) is 0 Å². The number of Topliss-reactive ketones (excluding diaryl/α,β-unsaturated/α-hetero) is 2. The van der Waals surface area contributed by atoms with Crippen LogP contribution in [0.4, 0.5) is 4.39 Å². The van der Waals surface area contributed by atoms with Crippen LogP contribution >= 0.6 is 0 Å². The first kappa shape index (κ1) is 44.4. The van der Waals surface area contributed by atoms with E-state index in [1.165, 1.54) is 10.6 Å². The van der Waals surface area contributed by atoms with Crippen LogP contribution in [0.15, 0.2) is 53.6 Å². The minimum absolute atomic E-state index is 0.0251. The van der Waals surface area contributed by atoms with Gasteiger partial charge in [0, 0.05) is 55.3 Å². The molecule has 3 amide bonds. The molecule has 1 aliphatic carbocycles. The first-order valence-electron chi connectivity index (χ1n) is 20.6. The fraction of sp³-hybridized carbons (Fsp3) is 0.422. The van der Waals surface area contributed by atoms with E-state index in [2.05, 4.69) is 16.0 Å². The standard InChI is InChI=1S/C45H51FN6O9/c1-3-27-12-14-32(41-29-24-52-35(42(29)51-33(18-19-46)40(27)41)22-31-30(43(52)58)25-61-44(59)45(31,60)4-2)49-38(56)11-8-20-48-37(55)17-15-36(54)34(21-26-9-6-5-7-10-26)50-39(57)16-13-28(53)23-47/h3,5-7,9-10,18-19,22,32,34,60H,4,8,11-17,20-21,23-25,47H2,1-2H3,(H,48,55)(H,49,56)(H,50,57)/b19-18+,27-3+/t32-,34-,45-/m0/s1. The number of halogens is 1. The highest BCUT2D eigenvalue weighted by Gasteiger charge is 2.46. The molecule has 1 aromatic carbocycles. The van der Waals surface area contributed by atoms with Crippen LogP contribution in [0.25, 0.3) is 23.0 Å². The fourth-order valence-corrected chi connectivity index (χ4v) is 8.31. The summed E-state index contributed by atoms with van der Waals surface area (Å²) in [6.45, 7) is 3.27. The van der Waals surface area contributed by atoms with Crippen LogP contribution in [-0.4, -0.2) is 69.0 Å². The second-order valence-corrected chi connectivity index (χ2v) is 15.5. The molecule has 0 unspecified atom stereocenters. The molecule has 0 spiro atoms. The number of nitrogens with one attached hydrogen (secondary N) is 3. The van der Waals surface area contributed by atoms with Gasteiger partial charge in [-0.3, -0.25) is 28.8 Å². The van der Waals surface area contributed by atoms with Crippen molar-refractivity contribution >= 4 is 46.9 Å². The molecule has 0 saturated carbocycles. The lowest BCUT2D eigenvalue weighted by atomic mass is 9.79. The van der Waals surface area contributed by atoms with E-state index in [0.29, 0.717) is 52.9 Å². The summed E-state index contributed by atoms with van der Waals surface area (Å²) >= 11 is 0. The summed E-state index contributed by atoms with van der Waals surface area (Å²) in [6.07, 6.45) is 4.73. The van der Waals surface area contributed by atoms with Gasteiger partial charge >= 0.3 is 5.97 Å². The predicted octanol–water partition coefficient (Wildman–Crippen LogP) is 3.50. The number of esters is 1. The Bertz CT molecular complexity index is 2360. The van der Waals surface area contributed by atoms with E-state index in [9.17, 15) is 43.1 Å². The minimum Gasteiger partial charge on any atom is -0.458 e. The number of hydrogen-bond acceptors (Lipinski definition) is 11. The second-order valence-electron chi connectivity index (χ2n) is 15.5. The van der Waals surface area contributed by atoms with E-state index >= 15 is 0 Å². The number of nitrogens with two attached hydrogens (primary N) is 1. The number of pyridine rings is 2. The van der Waals surface area contributed by atoms with E-state index < -0.39 is 41.0 Å². The van der Waals surface area contributed by atoms with Gasteiger partial charge in [0.05, 0.1) is 54.1 Å². The summed E-state index contributed by atoms with van der Waals surface area (Å²) in [7, 11) is 0. The Balaban J connectivity index is 1.10. The van der Waals surface area contributed by atoms with Gasteiger partial charge in [0.25, 0.3) is 5.56 Å². The average molecular weight is 839 g/mol. The van der Waals surface area contributed by atoms with E-state index in [-0.39, 0.29) is 106 Å². The minimum atomic E-state index is -2.02. The van der Waals surface area contributed by atoms with Gasteiger partial charge in [-0.15, -0.1) is 0 Å². The third-order valence-electron chi connectivity index (χ3n) is 11.6. The van der Waals surface area contributed by atoms with E-state index in [1.807, 2.05) is 43.3 Å². The van der Waals surface area contributed by atoms with Crippen molar-refractivity contribution in [2.24, 2.45) is 5.73 Å². The number of nitrogens with zero attached hydrogens (tertiary/aromatic N) is 2. The number of benzene rings is 1. The van der Waals surface area contributed by atoms with Crippen molar-refractivity contribution in [1.82, 2.24) is 25.5 Å². The van der Waals surface area contributed by atoms with Crippen LogP contribution < -0.4 is 27.2 Å². The van der Waals surface area contributed by atoms with E-state index in [4.69, 9.17) is 15.5 Å². The Morgan fingerprint density at radius 3 is 2.51 bits per heavy atom. The summed E-state index contributed by atoms with van der Waals surface area (Å²) < 4.78 is 20.6. The normalized spacial score (nSPS) is 18.7. The molecule has 4 heterocycles. The molecule has 0 fully saturated rings. The number of cyclic esters (lactones) is 1. The molecule has 0 radical (unpaired) electrons. The maximum Gasteiger partial charge on any atom is 0.343 e. The van der Waals surface area contributed by atoms with Gasteiger partial charge in [-0.1, -0.05) is 43.3 Å². The van der Waals surface area contributed by atoms with Crippen molar-refractivity contribution in [2.75, 3.05) is 13.1 Å². The van der Waals surface area contributed by atoms with Crippen molar-refractivity contribution in [3.05, 3.63) is 98.2 Å². The number of carbonyl (C=O) groups excluding carboxylic acids is 6. The fourth-order valence-electron chi connectivity index (χ4n) is 8.31. The van der Waals surface area contributed by atoms with Crippen molar-refractivity contribution in [3.63, 3.8) is 0 Å². The lowest BCUT2D eigenvalue weighted by Gasteiger charge is -2.31. The summed E-state index contributed by atoms with van der Waals surface area (Å²) in [6, 6.07) is 9.28. The second kappa shape index (κ2) is 19.5. The van der Waals surface area contributed by atoms with Crippen LogP contribution in [0.1, 0.15) is 117 Å². The largest absolute Gasteiger partial charge is 0.458 e. The SMILES string of the molecule is C/C=C1\CC[C@H](NC(=O)CCCNC(=O)CCC(=O)[C@H](Cc2ccccc2)NC(=O)CCC(=O)CN)c2c3c(nc(/C=C/F)c21)-c1cc2c(c(=O)n1C3)COC(=O)[C@]2(O)CC. The predicted molar refractivity (Wildman–Crippen MR) is 223 cm³/mol. The molecule has 2 aliphatic heterocycles. The summed E-state index contributed by atoms with van der Waals surface area (Å²) in [5, 5.41) is 19.9. The smallest absolute Gasteiger partial charge is 0.343 e. The average Bonchev–Trinajstić information content (AvgIpc) is 3.63. The zero-order valence-corrected chi connectivity index (χ0v) is 34.3. The van der Waals surface area contributed by atoms with Gasteiger partial charge in [-0.2, -0.15) is 0 Å². The Kier molecular flexibility index (Phi) is 14.2. The van der Waals surface area contributed by atoms with Crippen molar-refractivity contribution in [2.45, 2.75) is 109 Å². The topological polar surface area (TPSA) is 229 Å². The van der Waals surface area contributed by atoms with E-state index in [0.717, 1.165) is 11.1 Å². The first-order valence-corrected chi connectivity index (χ1v) is 20.6. The lowest BCUT2D eigenvalue weighted by Crippen LogP contribution is -2.44. The molecule has 2 aromatic heterocycles. The van der Waals surface area contributed by atoms with Gasteiger partial charge in [0.2, 0.25) is 17.7 Å². The number of hydrogen-bond donors (Lipinski definition) is 5. The summed E-state index contributed by atoms with van der Waals surface area (Å²) in [4.78, 5) is 95.1. The number of allylic oxidation sites excluding steroid dienone is 2. The molecule has 322 valence electrons. The molecule has 6 N–H and O–H groups in total. The van der Waals surface area contributed by atoms with Crippen LogP contribution in [-0.2, 0) is 58.7 Å². The zero-order valence-electron chi connectivity index (χ0n) is 34.3. The number of carbonyl (C=O) groups is 6. The lowest BCUT2D eigenvalue weighted by molar-refractivity contribution is -0.172. The molecular weight excluding hydrogens is 788 g/mol. The molecule has 3 aliphatic rings. The number of ether oxygens (including phenoxy) is 1. The maximum atomic E-state index is 13.9. The summed E-state index contributed by atoms with van der Waals surface area (Å²) in [5.41, 5.74) is 7.99. The number of fused-ring (bicyclic) bond motifs is 6. The van der Waals surface area contributed by atoms with Crippen LogP contribution in [0.5, 0.6) is 0 Å². The van der Waals surface area contributed by atoms with Crippen molar-refractivity contribution in [3.8, 4) is 11.4 Å². The Labute approximate surface area is 352 Å². The number of rotatable bonds is 18. The Morgan fingerprint density at radius 2 is 1.80 bits per heavy atom. The molecule has 15 nitrogen and oxygen atoms in total. The van der Waals surface area contributed by atoms with Crippen LogP contribution in [0.3, 0.4) is 0 Å². The monoisotopic (exact) mass is 838 g/mol. The van der Waals surface area contributed by atoms with Crippen molar-refractivity contribution < 1.29 is 43.0 Å². The molecule has 6 rings (SSSR count). The van der Waals surface area contributed by atoms with Gasteiger partial charge in [-0.25, -0.2) is 14.2 Å². The Morgan fingerprint density at radius 1 is 1.05 bits per heavy atom. The van der Waals surface area contributed by atoms with E-state index in [1.54, 1.807) is 13.0 Å². The number of aliphatic hydroxyl groups is 1. The van der Waals surface area contributed by atoms with Gasteiger partial charge in [0.15, 0.2) is 11.4 Å². The van der Waals surface area contributed by atoms with Crippen LogP contribution in [0, 0.1) is 0 Å². The molecule has 0 bridgehead atoms. The van der Waals surface area contributed by atoms with Gasteiger partial charge < -0.3 is 36.1 Å². The third kappa shape index (κ3) is 9.60. The first-order chi connectivity index (χ1) is 29.3. The molecule has 61 heavy (non-hydrogen) atoms. The molecule has 0 saturated heterocycles. The quantitative estimate of drug-likeness (QED) is 0.0720. The number of aromatic nitrogens is 2.